The van der Waals surface area contributed by atoms with Crippen molar-refractivity contribution in [3.05, 3.63) is 23.8 Å². The largest absolute Gasteiger partial charge is 0.422 e. The number of aryl methyl sites for hydroxylation is 1. The molecule has 1 fully saturated rings. The van der Waals surface area contributed by atoms with Crippen LogP contribution in [0, 0.1) is 6.92 Å². The molecule has 1 aliphatic heterocycles. The van der Waals surface area contributed by atoms with Gasteiger partial charge in [0.1, 0.15) is 5.52 Å². The van der Waals surface area contributed by atoms with Crippen molar-refractivity contribution in [1.29, 1.82) is 0 Å². The number of aromatic nitrogens is 1. The molecule has 0 radical (unpaired) electrons. The highest BCUT2D eigenvalue weighted by Crippen LogP contribution is 2.22. The fourth-order valence-electron chi connectivity index (χ4n) is 2.12. The number of fused-ring (bicyclic) bond motifs is 1. The van der Waals surface area contributed by atoms with Gasteiger partial charge in [0, 0.05) is 14.1 Å². The smallest absolute Gasteiger partial charge is 0.330 e. The molecule has 10 nitrogen and oxygen atoms in total. The maximum atomic E-state index is 12.0. The zero-order valence-electron chi connectivity index (χ0n) is 13.0. The molecule has 0 aliphatic carbocycles. The number of amides is 2. The van der Waals surface area contributed by atoms with Crippen LogP contribution < -0.4 is 5.43 Å². The Morgan fingerprint density at radius 3 is 2.38 bits per heavy atom. The number of rotatable bonds is 2. The van der Waals surface area contributed by atoms with Crippen molar-refractivity contribution in [2.45, 2.75) is 6.92 Å². The first-order valence-electron chi connectivity index (χ1n) is 6.75. The van der Waals surface area contributed by atoms with Crippen molar-refractivity contribution in [3.8, 4) is 0 Å². The second kappa shape index (κ2) is 5.30. The number of hydrazone groups is 1. The minimum absolute atomic E-state index is 0.0221. The number of hydrogen-bond acceptors (Lipinski definition) is 8. The number of hydrogen-bond donors (Lipinski definition) is 1. The number of oxazole rings is 1. The van der Waals surface area contributed by atoms with Crippen molar-refractivity contribution < 1.29 is 22.4 Å². The third kappa shape index (κ3) is 2.29. The Labute approximate surface area is 136 Å². The molecule has 0 saturated carbocycles. The van der Waals surface area contributed by atoms with Gasteiger partial charge in [-0.1, -0.05) is 12.1 Å². The van der Waals surface area contributed by atoms with E-state index in [9.17, 15) is 18.0 Å². The SMILES string of the molecule is Cc1cccc2nc(NN=C3C(=O)N(C)S(=O)(=O)N(C)C3=O)oc12. The number of nitrogens with zero attached hydrogens (tertiary/aromatic N) is 4. The van der Waals surface area contributed by atoms with E-state index in [0.717, 1.165) is 19.7 Å². The highest BCUT2D eigenvalue weighted by Gasteiger charge is 2.44. The molecule has 1 aromatic heterocycles. The van der Waals surface area contributed by atoms with Crippen LogP contribution in [0.1, 0.15) is 5.56 Å². The summed E-state index contributed by atoms with van der Waals surface area (Å²) in [4.78, 5) is 28.2. The predicted octanol–water partition coefficient (Wildman–Crippen LogP) is 0.0793. The van der Waals surface area contributed by atoms with Gasteiger partial charge in [-0.25, -0.2) is 14.0 Å². The second-order valence-corrected chi connectivity index (χ2v) is 7.06. The molecule has 11 heteroatoms. The fraction of sp³-hybridized carbons (Fsp3) is 0.231. The average molecular weight is 351 g/mol. The van der Waals surface area contributed by atoms with Crippen LogP contribution in [0.4, 0.5) is 6.01 Å². The third-order valence-electron chi connectivity index (χ3n) is 3.54. The van der Waals surface area contributed by atoms with E-state index in [1.807, 2.05) is 13.0 Å². The number of carbonyl (C=O) groups is 2. The van der Waals surface area contributed by atoms with E-state index in [4.69, 9.17) is 4.42 Å². The van der Waals surface area contributed by atoms with Gasteiger partial charge in [-0.3, -0.25) is 9.59 Å². The molecule has 1 saturated heterocycles. The van der Waals surface area contributed by atoms with Crippen LogP contribution in [-0.4, -0.2) is 53.6 Å². The molecule has 1 aliphatic rings. The molecule has 3 rings (SSSR count). The lowest BCUT2D eigenvalue weighted by Gasteiger charge is -2.29. The first-order chi connectivity index (χ1) is 11.2. The van der Waals surface area contributed by atoms with Crippen LogP contribution in [-0.2, 0) is 19.8 Å². The summed E-state index contributed by atoms with van der Waals surface area (Å²) >= 11 is 0. The van der Waals surface area contributed by atoms with E-state index in [1.165, 1.54) is 0 Å². The number of para-hydroxylation sites is 1. The topological polar surface area (TPSA) is 125 Å². The van der Waals surface area contributed by atoms with Crippen molar-refractivity contribution in [1.82, 2.24) is 13.6 Å². The molecule has 2 amide bonds. The average Bonchev–Trinajstić information content (AvgIpc) is 2.96. The van der Waals surface area contributed by atoms with Gasteiger partial charge in [-0.05, 0) is 18.6 Å². The van der Waals surface area contributed by atoms with Gasteiger partial charge in [0.25, 0.3) is 11.8 Å². The van der Waals surface area contributed by atoms with Gasteiger partial charge >= 0.3 is 16.2 Å². The van der Waals surface area contributed by atoms with Gasteiger partial charge < -0.3 is 4.42 Å². The maximum Gasteiger partial charge on any atom is 0.330 e. The predicted molar refractivity (Wildman–Crippen MR) is 84.3 cm³/mol. The molecular weight excluding hydrogens is 338 g/mol. The zero-order valence-corrected chi connectivity index (χ0v) is 13.8. The summed E-state index contributed by atoms with van der Waals surface area (Å²) in [5, 5.41) is 3.67. The summed E-state index contributed by atoms with van der Waals surface area (Å²) in [5.74, 6) is -2.09. The zero-order chi connectivity index (χ0) is 17.6. The number of anilines is 1. The van der Waals surface area contributed by atoms with Crippen LogP contribution in [0.2, 0.25) is 0 Å². The summed E-state index contributed by atoms with van der Waals surface area (Å²) in [5.41, 5.74) is 3.77. The fourth-order valence-corrected chi connectivity index (χ4v) is 3.08. The lowest BCUT2D eigenvalue weighted by molar-refractivity contribution is -0.125. The second-order valence-electron chi connectivity index (χ2n) is 5.07. The summed E-state index contributed by atoms with van der Waals surface area (Å²) in [7, 11) is -2.08. The summed E-state index contributed by atoms with van der Waals surface area (Å²) < 4.78 is 30.0. The summed E-state index contributed by atoms with van der Waals surface area (Å²) in [6, 6.07) is 5.35. The summed E-state index contributed by atoms with van der Waals surface area (Å²) in [6.07, 6.45) is 0. The van der Waals surface area contributed by atoms with Crippen molar-refractivity contribution >= 4 is 44.8 Å². The lowest BCUT2D eigenvalue weighted by atomic mass is 10.2. The lowest BCUT2D eigenvalue weighted by Crippen LogP contribution is -2.57. The molecular formula is C13H13N5O5S. The Morgan fingerprint density at radius 1 is 1.17 bits per heavy atom. The minimum atomic E-state index is -4.16. The van der Waals surface area contributed by atoms with Gasteiger partial charge in [-0.2, -0.15) is 18.5 Å². The summed E-state index contributed by atoms with van der Waals surface area (Å²) in [6.45, 7) is 1.84. The first kappa shape index (κ1) is 15.9. The third-order valence-corrected chi connectivity index (χ3v) is 5.26. The Kier molecular flexibility index (Phi) is 3.52. The molecule has 24 heavy (non-hydrogen) atoms. The van der Waals surface area contributed by atoms with Gasteiger partial charge in [0.15, 0.2) is 5.58 Å². The molecule has 1 aromatic carbocycles. The van der Waals surface area contributed by atoms with E-state index in [2.05, 4.69) is 15.5 Å². The Balaban J connectivity index is 1.94. The number of nitrogens with one attached hydrogen (secondary N) is 1. The number of carbonyl (C=O) groups excluding carboxylic acids is 2. The highest BCUT2D eigenvalue weighted by molar-refractivity contribution is 7.88. The van der Waals surface area contributed by atoms with Crippen LogP contribution in [0.15, 0.2) is 27.7 Å². The normalized spacial score (nSPS) is 17.5. The first-order valence-corrected chi connectivity index (χ1v) is 8.14. The minimum Gasteiger partial charge on any atom is -0.422 e. The van der Waals surface area contributed by atoms with Crippen LogP contribution in [0.25, 0.3) is 11.1 Å². The van der Waals surface area contributed by atoms with Crippen LogP contribution >= 0.6 is 0 Å². The molecule has 0 unspecified atom stereocenters. The Morgan fingerprint density at radius 2 is 1.79 bits per heavy atom. The maximum absolute atomic E-state index is 12.0. The van der Waals surface area contributed by atoms with Crippen LogP contribution in [0.3, 0.4) is 0 Å². The van der Waals surface area contributed by atoms with E-state index in [0.29, 0.717) is 19.7 Å². The van der Waals surface area contributed by atoms with Crippen molar-refractivity contribution in [3.63, 3.8) is 0 Å². The Hall–Kier alpha value is -2.95. The molecule has 126 valence electrons. The van der Waals surface area contributed by atoms with Crippen molar-refractivity contribution in [2.24, 2.45) is 5.10 Å². The van der Waals surface area contributed by atoms with Crippen molar-refractivity contribution in [2.75, 3.05) is 19.5 Å². The van der Waals surface area contributed by atoms with E-state index in [-0.39, 0.29) is 6.01 Å². The van der Waals surface area contributed by atoms with Gasteiger partial charge in [0.05, 0.1) is 0 Å². The monoisotopic (exact) mass is 351 g/mol. The van der Waals surface area contributed by atoms with E-state index in [1.54, 1.807) is 12.1 Å². The van der Waals surface area contributed by atoms with Gasteiger partial charge in [0.2, 0.25) is 5.71 Å². The standard InChI is InChI=1S/C13H13N5O5S/c1-7-5-4-6-8-10(7)23-13(14-8)16-15-9-11(19)17(2)24(21,22)18(3)12(9)20/h4-6H,1-3H3,(H,14,16). The molecule has 0 atom stereocenters. The Bertz CT molecular complexity index is 963. The molecule has 2 heterocycles. The molecule has 1 N–H and O–H groups in total. The molecule has 2 aromatic rings. The van der Waals surface area contributed by atoms with Crippen LogP contribution in [0.5, 0.6) is 0 Å². The van der Waals surface area contributed by atoms with E-state index < -0.39 is 27.7 Å². The van der Waals surface area contributed by atoms with E-state index >= 15 is 0 Å². The van der Waals surface area contributed by atoms with Gasteiger partial charge in [-0.15, -0.1) is 0 Å². The number of benzene rings is 1. The highest BCUT2D eigenvalue weighted by atomic mass is 32.2. The molecule has 0 bridgehead atoms. The molecule has 0 spiro atoms. The quantitative estimate of drug-likeness (QED) is 0.759.